The van der Waals surface area contributed by atoms with E-state index >= 15 is 0 Å². The minimum Gasteiger partial charge on any atom is -0.382 e. The third-order valence-electron chi connectivity index (χ3n) is 3.19. The fraction of sp³-hybridized carbons (Fsp3) is 0.727. The van der Waals surface area contributed by atoms with Gasteiger partial charge in [0, 0.05) is 12.6 Å². The first-order valence-electron chi connectivity index (χ1n) is 5.71. The zero-order valence-electron chi connectivity index (χ0n) is 10.1. The molecule has 90 valence electrons. The standard InChI is InChI=1S/C11H19N3S2/c1-7(2)8-5-4-6-14(8)11-9(15-3)10(12)13-16-11/h7-8H,4-6H2,1-3H3,(H2,12,13). The number of hydrogen-bond acceptors (Lipinski definition) is 5. The highest BCUT2D eigenvalue weighted by molar-refractivity contribution is 7.99. The lowest BCUT2D eigenvalue weighted by Gasteiger charge is -2.28. The number of hydrogen-bond donors (Lipinski definition) is 1. The van der Waals surface area contributed by atoms with Crippen molar-refractivity contribution in [3.05, 3.63) is 0 Å². The highest BCUT2D eigenvalue weighted by Crippen LogP contribution is 2.41. The van der Waals surface area contributed by atoms with Crippen molar-refractivity contribution in [3.8, 4) is 0 Å². The van der Waals surface area contributed by atoms with Crippen molar-refractivity contribution in [2.45, 2.75) is 37.6 Å². The lowest BCUT2D eigenvalue weighted by Crippen LogP contribution is -2.33. The molecule has 1 atom stereocenters. The van der Waals surface area contributed by atoms with Crippen LogP contribution in [0.5, 0.6) is 0 Å². The maximum absolute atomic E-state index is 5.89. The highest BCUT2D eigenvalue weighted by atomic mass is 32.2. The topological polar surface area (TPSA) is 42.1 Å². The molecule has 0 bridgehead atoms. The molecule has 1 aliphatic rings. The number of aromatic nitrogens is 1. The van der Waals surface area contributed by atoms with Crippen molar-refractivity contribution in [1.82, 2.24) is 4.37 Å². The summed E-state index contributed by atoms with van der Waals surface area (Å²) in [7, 11) is 0. The van der Waals surface area contributed by atoms with Gasteiger partial charge in [-0.15, -0.1) is 11.8 Å². The molecule has 0 aliphatic carbocycles. The molecule has 1 aliphatic heterocycles. The van der Waals surface area contributed by atoms with Crippen molar-refractivity contribution >= 4 is 34.1 Å². The number of nitrogen functional groups attached to an aromatic ring is 1. The molecule has 1 saturated heterocycles. The van der Waals surface area contributed by atoms with Crippen LogP contribution < -0.4 is 10.6 Å². The molecule has 1 aromatic rings. The number of thioether (sulfide) groups is 1. The Balaban J connectivity index is 2.29. The molecule has 0 aromatic carbocycles. The Morgan fingerprint density at radius 3 is 2.94 bits per heavy atom. The number of rotatable bonds is 3. The molecule has 0 amide bonds. The van der Waals surface area contributed by atoms with Crippen LogP contribution in [0.15, 0.2) is 4.90 Å². The third-order valence-corrected chi connectivity index (χ3v) is 5.03. The van der Waals surface area contributed by atoms with Crippen LogP contribution in [0.3, 0.4) is 0 Å². The summed E-state index contributed by atoms with van der Waals surface area (Å²) in [5, 5.41) is 1.28. The maximum atomic E-state index is 5.89. The Morgan fingerprint density at radius 2 is 2.31 bits per heavy atom. The van der Waals surface area contributed by atoms with Gasteiger partial charge in [-0.05, 0) is 36.5 Å². The zero-order chi connectivity index (χ0) is 11.7. The molecule has 1 fully saturated rings. The molecule has 0 spiro atoms. The summed E-state index contributed by atoms with van der Waals surface area (Å²) in [4.78, 5) is 3.67. The van der Waals surface area contributed by atoms with Crippen molar-refractivity contribution in [2.75, 3.05) is 23.4 Å². The Morgan fingerprint density at radius 1 is 1.56 bits per heavy atom. The second-order valence-corrected chi connectivity index (χ2v) is 6.12. The van der Waals surface area contributed by atoms with E-state index in [9.17, 15) is 0 Å². The molecule has 1 unspecified atom stereocenters. The number of nitrogens with zero attached hydrogens (tertiary/aromatic N) is 2. The summed E-state index contributed by atoms with van der Waals surface area (Å²) in [6.45, 7) is 5.75. The van der Waals surface area contributed by atoms with Gasteiger partial charge in [0.05, 0.1) is 4.90 Å². The quantitative estimate of drug-likeness (QED) is 0.845. The van der Waals surface area contributed by atoms with Gasteiger partial charge in [0.15, 0.2) is 5.82 Å². The summed E-state index contributed by atoms with van der Waals surface area (Å²) < 4.78 is 4.28. The van der Waals surface area contributed by atoms with Crippen LogP contribution in [-0.4, -0.2) is 23.2 Å². The predicted octanol–water partition coefficient (Wildman–Crippen LogP) is 3.07. The Labute approximate surface area is 106 Å². The predicted molar refractivity (Wildman–Crippen MR) is 73.5 cm³/mol. The summed E-state index contributed by atoms with van der Waals surface area (Å²) in [6, 6.07) is 0.658. The first-order valence-corrected chi connectivity index (χ1v) is 7.70. The van der Waals surface area contributed by atoms with Crippen LogP contribution in [-0.2, 0) is 0 Å². The number of nitrogens with two attached hydrogens (primary N) is 1. The van der Waals surface area contributed by atoms with Crippen molar-refractivity contribution < 1.29 is 0 Å². The summed E-state index contributed by atoms with van der Waals surface area (Å²) >= 11 is 3.26. The van der Waals surface area contributed by atoms with E-state index < -0.39 is 0 Å². The van der Waals surface area contributed by atoms with E-state index in [0.29, 0.717) is 17.8 Å². The molecule has 2 N–H and O–H groups in total. The van der Waals surface area contributed by atoms with Gasteiger partial charge >= 0.3 is 0 Å². The molecule has 3 nitrogen and oxygen atoms in total. The lowest BCUT2D eigenvalue weighted by atomic mass is 10.0. The van der Waals surface area contributed by atoms with E-state index in [1.807, 2.05) is 0 Å². The van der Waals surface area contributed by atoms with Crippen LogP contribution >= 0.6 is 23.3 Å². The molecular formula is C11H19N3S2. The normalized spacial score (nSPS) is 21.0. The van der Waals surface area contributed by atoms with Gasteiger partial charge in [-0.1, -0.05) is 13.8 Å². The fourth-order valence-electron chi connectivity index (χ4n) is 2.40. The van der Waals surface area contributed by atoms with Gasteiger partial charge in [-0.3, -0.25) is 0 Å². The van der Waals surface area contributed by atoms with Crippen LogP contribution in [0, 0.1) is 5.92 Å². The van der Waals surface area contributed by atoms with E-state index in [4.69, 9.17) is 5.73 Å². The smallest absolute Gasteiger partial charge is 0.153 e. The van der Waals surface area contributed by atoms with Crippen LogP contribution in [0.4, 0.5) is 10.8 Å². The molecular weight excluding hydrogens is 238 g/mol. The second-order valence-electron chi connectivity index (χ2n) is 4.55. The monoisotopic (exact) mass is 257 g/mol. The van der Waals surface area contributed by atoms with Gasteiger partial charge in [0.1, 0.15) is 5.00 Å². The summed E-state index contributed by atoms with van der Waals surface area (Å²) in [5.74, 6) is 1.39. The van der Waals surface area contributed by atoms with Crippen molar-refractivity contribution in [1.29, 1.82) is 0 Å². The summed E-state index contributed by atoms with van der Waals surface area (Å²) in [6.07, 6.45) is 4.65. The minimum absolute atomic E-state index is 0.658. The average molecular weight is 257 g/mol. The van der Waals surface area contributed by atoms with Crippen LogP contribution in [0.2, 0.25) is 0 Å². The molecule has 2 rings (SSSR count). The summed E-state index contributed by atoms with van der Waals surface area (Å²) in [5.41, 5.74) is 5.89. The van der Waals surface area contributed by atoms with Crippen molar-refractivity contribution in [2.24, 2.45) is 5.92 Å². The third kappa shape index (κ3) is 2.02. The van der Waals surface area contributed by atoms with E-state index in [1.54, 1.807) is 23.3 Å². The minimum atomic E-state index is 0.658. The Bertz CT molecular complexity index is 362. The van der Waals surface area contributed by atoms with E-state index in [0.717, 1.165) is 11.4 Å². The van der Waals surface area contributed by atoms with Gasteiger partial charge in [-0.2, -0.15) is 4.37 Å². The first kappa shape index (κ1) is 12.0. The Kier molecular flexibility index (Phi) is 3.64. The van der Waals surface area contributed by atoms with Crippen LogP contribution in [0.25, 0.3) is 0 Å². The van der Waals surface area contributed by atoms with E-state index in [-0.39, 0.29) is 0 Å². The molecule has 0 saturated carbocycles. The van der Waals surface area contributed by atoms with Crippen molar-refractivity contribution in [3.63, 3.8) is 0 Å². The molecule has 2 heterocycles. The number of anilines is 2. The molecule has 1 aromatic heterocycles. The van der Waals surface area contributed by atoms with E-state index in [2.05, 4.69) is 29.4 Å². The van der Waals surface area contributed by atoms with E-state index in [1.165, 1.54) is 17.8 Å². The average Bonchev–Trinajstić information content (AvgIpc) is 2.82. The van der Waals surface area contributed by atoms with Gasteiger partial charge in [0.25, 0.3) is 0 Å². The zero-order valence-corrected chi connectivity index (χ0v) is 11.7. The van der Waals surface area contributed by atoms with Gasteiger partial charge < -0.3 is 10.6 Å². The highest BCUT2D eigenvalue weighted by Gasteiger charge is 2.30. The Hall–Kier alpha value is -0.420. The molecule has 5 heteroatoms. The van der Waals surface area contributed by atoms with Gasteiger partial charge in [-0.25, -0.2) is 0 Å². The largest absolute Gasteiger partial charge is 0.382 e. The van der Waals surface area contributed by atoms with Crippen LogP contribution in [0.1, 0.15) is 26.7 Å². The fourth-order valence-corrected chi connectivity index (χ4v) is 4.16. The first-order chi connectivity index (χ1) is 7.65. The SMILES string of the molecule is CSc1c(N)nsc1N1CCCC1C(C)C. The molecule has 16 heavy (non-hydrogen) atoms. The van der Waals surface area contributed by atoms with Gasteiger partial charge in [0.2, 0.25) is 0 Å². The lowest BCUT2D eigenvalue weighted by molar-refractivity contribution is 0.492. The molecule has 0 radical (unpaired) electrons. The second kappa shape index (κ2) is 4.84. The maximum Gasteiger partial charge on any atom is 0.153 e.